The Balaban J connectivity index is 1.67. The van der Waals surface area contributed by atoms with Gasteiger partial charge in [0.25, 0.3) is 5.91 Å². The number of para-hydroxylation sites is 1. The first-order valence-corrected chi connectivity index (χ1v) is 7.57. The molecule has 2 heterocycles. The second kappa shape index (κ2) is 6.15. The fourth-order valence-corrected chi connectivity index (χ4v) is 3.27. The van der Waals surface area contributed by atoms with Crippen LogP contribution in [0.5, 0.6) is 5.75 Å². The zero-order valence-corrected chi connectivity index (χ0v) is 12.5. The normalized spacial score (nSPS) is 13.2. The maximum Gasteiger partial charge on any atom is 0.261 e. The van der Waals surface area contributed by atoms with Crippen molar-refractivity contribution in [3.05, 3.63) is 46.3 Å². The second-order valence-corrected chi connectivity index (χ2v) is 5.79. The Hall–Kier alpha value is -2.05. The van der Waals surface area contributed by atoms with Crippen molar-refractivity contribution in [2.24, 2.45) is 0 Å². The minimum atomic E-state index is -0.0536. The van der Waals surface area contributed by atoms with Crippen LogP contribution in [0.3, 0.4) is 0 Å². The van der Waals surface area contributed by atoms with Crippen molar-refractivity contribution in [1.29, 1.82) is 0 Å². The highest BCUT2D eigenvalue weighted by Crippen LogP contribution is 2.29. The van der Waals surface area contributed by atoms with Gasteiger partial charge in [-0.3, -0.25) is 10.1 Å². The Morgan fingerprint density at radius 3 is 3.10 bits per heavy atom. The van der Waals surface area contributed by atoms with Crippen molar-refractivity contribution in [3.63, 3.8) is 0 Å². The molecule has 1 aliphatic rings. The summed E-state index contributed by atoms with van der Waals surface area (Å²) >= 11 is 1.49. The largest absolute Gasteiger partial charge is 0.496 e. The van der Waals surface area contributed by atoms with Gasteiger partial charge in [-0.2, -0.15) is 0 Å². The van der Waals surface area contributed by atoms with Crippen LogP contribution in [0.15, 0.2) is 30.3 Å². The number of anilines is 1. The Bertz CT molecular complexity index is 631. The maximum absolute atomic E-state index is 12.2. The Morgan fingerprint density at radius 2 is 2.29 bits per heavy atom. The Labute approximate surface area is 127 Å². The second-order valence-electron chi connectivity index (χ2n) is 4.74. The summed E-state index contributed by atoms with van der Waals surface area (Å²) in [7, 11) is 1.63. The smallest absolute Gasteiger partial charge is 0.261 e. The van der Waals surface area contributed by atoms with Gasteiger partial charge in [0, 0.05) is 24.2 Å². The summed E-state index contributed by atoms with van der Waals surface area (Å²) in [5.74, 6) is 0.733. The molecule has 1 aromatic carbocycles. The fraction of sp³-hybridized carbons (Fsp3) is 0.267. The van der Waals surface area contributed by atoms with Crippen molar-refractivity contribution in [2.45, 2.75) is 13.1 Å². The molecule has 0 radical (unpaired) electrons. The van der Waals surface area contributed by atoms with E-state index >= 15 is 0 Å². The number of ether oxygens (including phenoxy) is 1. The number of methoxy groups -OCH3 is 1. The monoisotopic (exact) mass is 303 g/mol. The molecule has 3 rings (SSSR count). The van der Waals surface area contributed by atoms with Crippen LogP contribution in [0.25, 0.3) is 0 Å². The van der Waals surface area contributed by atoms with E-state index in [0.717, 1.165) is 40.0 Å². The number of rotatable bonds is 4. The highest BCUT2D eigenvalue weighted by molar-refractivity contribution is 7.18. The van der Waals surface area contributed by atoms with E-state index in [-0.39, 0.29) is 5.91 Å². The van der Waals surface area contributed by atoms with E-state index in [1.165, 1.54) is 11.3 Å². The van der Waals surface area contributed by atoms with Crippen molar-refractivity contribution in [1.82, 2.24) is 10.6 Å². The molecule has 0 saturated carbocycles. The molecule has 0 saturated heterocycles. The van der Waals surface area contributed by atoms with Gasteiger partial charge in [-0.25, -0.2) is 0 Å². The van der Waals surface area contributed by atoms with Crippen LogP contribution < -0.4 is 20.7 Å². The standard InChI is InChI=1S/C15H17N3O2S/c1-20-12-5-3-2-4-10(12)8-17-14(19)13-6-11-7-16-9-18-15(11)21-13/h2-6,16,18H,7-9H2,1H3,(H,17,19). The van der Waals surface area contributed by atoms with Crippen LogP contribution in [0.4, 0.5) is 5.00 Å². The topological polar surface area (TPSA) is 62.4 Å². The molecule has 21 heavy (non-hydrogen) atoms. The first-order chi connectivity index (χ1) is 10.3. The van der Waals surface area contributed by atoms with Crippen LogP contribution in [0.1, 0.15) is 20.8 Å². The molecular weight excluding hydrogens is 286 g/mol. The summed E-state index contributed by atoms with van der Waals surface area (Å²) in [6, 6.07) is 9.63. The van der Waals surface area contributed by atoms with Crippen molar-refractivity contribution in [2.75, 3.05) is 19.1 Å². The van der Waals surface area contributed by atoms with E-state index in [0.29, 0.717) is 6.54 Å². The van der Waals surface area contributed by atoms with Crippen molar-refractivity contribution in [3.8, 4) is 5.75 Å². The summed E-state index contributed by atoms with van der Waals surface area (Å²) in [6.45, 7) is 2.01. The molecule has 110 valence electrons. The molecular formula is C15H17N3O2S. The average Bonchev–Trinajstić information content (AvgIpc) is 2.97. The Morgan fingerprint density at radius 1 is 1.43 bits per heavy atom. The summed E-state index contributed by atoms with van der Waals surface area (Å²) in [5.41, 5.74) is 2.11. The minimum Gasteiger partial charge on any atom is -0.496 e. The van der Waals surface area contributed by atoms with Gasteiger partial charge in [0.15, 0.2) is 0 Å². The van der Waals surface area contributed by atoms with Crippen molar-refractivity contribution >= 4 is 22.2 Å². The first-order valence-electron chi connectivity index (χ1n) is 6.75. The average molecular weight is 303 g/mol. The van der Waals surface area contributed by atoms with E-state index in [4.69, 9.17) is 4.74 Å². The summed E-state index contributed by atoms with van der Waals surface area (Å²) < 4.78 is 5.28. The highest BCUT2D eigenvalue weighted by atomic mass is 32.1. The van der Waals surface area contributed by atoms with Gasteiger partial charge in [0.2, 0.25) is 0 Å². The number of amides is 1. The molecule has 0 unspecified atom stereocenters. The molecule has 1 amide bonds. The van der Waals surface area contributed by atoms with Crippen LogP contribution in [-0.4, -0.2) is 19.7 Å². The zero-order chi connectivity index (χ0) is 14.7. The highest BCUT2D eigenvalue weighted by Gasteiger charge is 2.16. The molecule has 1 aromatic heterocycles. The molecule has 0 fully saturated rings. The quantitative estimate of drug-likeness (QED) is 0.810. The van der Waals surface area contributed by atoms with Gasteiger partial charge in [-0.1, -0.05) is 18.2 Å². The Kier molecular flexibility index (Phi) is 4.08. The van der Waals surface area contributed by atoms with Crippen LogP contribution in [-0.2, 0) is 13.1 Å². The predicted molar refractivity (Wildman–Crippen MR) is 83.8 cm³/mol. The zero-order valence-electron chi connectivity index (χ0n) is 11.7. The minimum absolute atomic E-state index is 0.0536. The fourth-order valence-electron chi connectivity index (χ4n) is 2.27. The molecule has 6 heteroatoms. The maximum atomic E-state index is 12.2. The molecule has 0 bridgehead atoms. The van der Waals surface area contributed by atoms with E-state index in [1.54, 1.807) is 7.11 Å². The van der Waals surface area contributed by atoms with Gasteiger partial charge in [-0.05, 0) is 12.1 Å². The lowest BCUT2D eigenvalue weighted by molar-refractivity contribution is 0.0954. The summed E-state index contributed by atoms with van der Waals surface area (Å²) in [4.78, 5) is 13.0. The lowest BCUT2D eigenvalue weighted by Crippen LogP contribution is -2.26. The van der Waals surface area contributed by atoms with E-state index in [9.17, 15) is 4.79 Å². The number of hydrogen-bond acceptors (Lipinski definition) is 5. The summed E-state index contributed by atoms with van der Waals surface area (Å²) in [6.07, 6.45) is 0. The first kappa shape index (κ1) is 13.9. The van der Waals surface area contributed by atoms with Gasteiger partial charge in [-0.15, -0.1) is 11.3 Å². The predicted octanol–water partition coefficient (Wildman–Crippen LogP) is 2.16. The third-order valence-corrected chi connectivity index (χ3v) is 4.49. The van der Waals surface area contributed by atoms with E-state index < -0.39 is 0 Å². The molecule has 1 aliphatic heterocycles. The van der Waals surface area contributed by atoms with Crippen molar-refractivity contribution < 1.29 is 9.53 Å². The molecule has 3 N–H and O–H groups in total. The van der Waals surface area contributed by atoms with Crippen LogP contribution in [0, 0.1) is 0 Å². The van der Waals surface area contributed by atoms with Gasteiger partial charge < -0.3 is 15.4 Å². The summed E-state index contributed by atoms with van der Waals surface area (Å²) in [5, 5.41) is 10.5. The van der Waals surface area contributed by atoms with Gasteiger partial charge >= 0.3 is 0 Å². The molecule has 0 atom stereocenters. The molecule has 5 nitrogen and oxygen atoms in total. The molecule has 0 spiro atoms. The number of nitrogens with one attached hydrogen (secondary N) is 3. The lowest BCUT2D eigenvalue weighted by atomic mass is 10.2. The third-order valence-electron chi connectivity index (χ3n) is 3.35. The van der Waals surface area contributed by atoms with E-state index in [1.807, 2.05) is 30.3 Å². The SMILES string of the molecule is COc1ccccc1CNC(=O)c1cc2c(s1)NCNC2. The van der Waals surface area contributed by atoms with Gasteiger partial charge in [0.1, 0.15) is 5.75 Å². The number of hydrogen-bond donors (Lipinski definition) is 3. The number of carbonyl (C=O) groups is 1. The lowest BCUT2D eigenvalue weighted by Gasteiger charge is -2.13. The van der Waals surface area contributed by atoms with Crippen LogP contribution in [0.2, 0.25) is 0 Å². The number of thiophene rings is 1. The molecule has 0 aliphatic carbocycles. The van der Waals surface area contributed by atoms with Gasteiger partial charge in [0.05, 0.1) is 23.7 Å². The number of carbonyl (C=O) groups excluding carboxylic acids is 1. The number of fused-ring (bicyclic) bond motifs is 1. The van der Waals surface area contributed by atoms with E-state index in [2.05, 4.69) is 16.0 Å². The third kappa shape index (κ3) is 3.01. The van der Waals surface area contributed by atoms with Crippen LogP contribution >= 0.6 is 11.3 Å². The number of benzene rings is 1. The molecule has 2 aromatic rings.